The molecule has 1 aliphatic rings. The van der Waals surface area contributed by atoms with Crippen molar-refractivity contribution in [2.45, 2.75) is 33.6 Å². The fourth-order valence-corrected chi connectivity index (χ4v) is 2.37. The maximum Gasteiger partial charge on any atom is 0.144 e. The minimum Gasteiger partial charge on any atom is -0.316 e. The van der Waals surface area contributed by atoms with Crippen LogP contribution in [-0.2, 0) is 11.2 Å². The molecule has 0 aliphatic carbocycles. The molecule has 1 atom stereocenters. The fraction of sp³-hybridized carbons (Fsp3) is 0.533. The fourth-order valence-electron chi connectivity index (χ4n) is 2.37. The van der Waals surface area contributed by atoms with Gasteiger partial charge in [-0.1, -0.05) is 25.1 Å². The number of carbonyl (C=O) groups is 1. The molecule has 17 heavy (non-hydrogen) atoms. The van der Waals surface area contributed by atoms with Gasteiger partial charge in [0, 0.05) is 18.4 Å². The van der Waals surface area contributed by atoms with E-state index in [2.05, 4.69) is 44.3 Å². The molecule has 0 spiro atoms. The summed E-state index contributed by atoms with van der Waals surface area (Å²) >= 11 is 0. The average Bonchev–Trinajstić information content (AvgIpc) is 2.72. The number of rotatable bonds is 3. The first-order valence-corrected chi connectivity index (χ1v) is 6.31. The summed E-state index contributed by atoms with van der Waals surface area (Å²) in [5.41, 5.74) is 3.55. The summed E-state index contributed by atoms with van der Waals surface area (Å²) < 4.78 is 0. The number of Topliss-reactive ketones (excluding diaryl/α,β-unsaturated/α-hetero) is 1. The molecule has 0 radical (unpaired) electrons. The molecule has 1 aromatic rings. The highest BCUT2D eigenvalue weighted by Gasteiger charge is 2.35. The van der Waals surface area contributed by atoms with E-state index in [0.29, 0.717) is 12.2 Å². The van der Waals surface area contributed by atoms with Crippen molar-refractivity contribution in [3.63, 3.8) is 0 Å². The van der Waals surface area contributed by atoms with Gasteiger partial charge in [-0.15, -0.1) is 0 Å². The molecule has 1 unspecified atom stereocenters. The minimum absolute atomic E-state index is 0.154. The molecule has 0 bridgehead atoms. The van der Waals surface area contributed by atoms with Gasteiger partial charge in [-0.05, 0) is 43.5 Å². The minimum atomic E-state index is -0.154. The third-order valence-electron chi connectivity index (χ3n) is 3.98. The van der Waals surface area contributed by atoms with Crippen LogP contribution in [0, 0.1) is 19.3 Å². The van der Waals surface area contributed by atoms with Gasteiger partial charge < -0.3 is 5.32 Å². The van der Waals surface area contributed by atoms with E-state index < -0.39 is 0 Å². The second-order valence-corrected chi connectivity index (χ2v) is 5.51. The molecule has 0 amide bonds. The van der Waals surface area contributed by atoms with Crippen molar-refractivity contribution in [3.05, 3.63) is 34.9 Å². The Morgan fingerprint density at radius 1 is 1.35 bits per heavy atom. The van der Waals surface area contributed by atoms with Crippen LogP contribution >= 0.6 is 0 Å². The summed E-state index contributed by atoms with van der Waals surface area (Å²) in [7, 11) is 0. The molecule has 1 saturated heterocycles. The predicted molar refractivity (Wildman–Crippen MR) is 70.2 cm³/mol. The van der Waals surface area contributed by atoms with Crippen LogP contribution in [0.4, 0.5) is 0 Å². The Labute approximate surface area is 103 Å². The second-order valence-electron chi connectivity index (χ2n) is 5.51. The quantitative estimate of drug-likeness (QED) is 0.865. The van der Waals surface area contributed by atoms with Crippen LogP contribution in [0.15, 0.2) is 18.2 Å². The van der Waals surface area contributed by atoms with Crippen LogP contribution in [0.25, 0.3) is 0 Å². The van der Waals surface area contributed by atoms with Gasteiger partial charge in [0.15, 0.2) is 0 Å². The first kappa shape index (κ1) is 12.3. The molecule has 1 N–H and O–H groups in total. The van der Waals surface area contributed by atoms with E-state index in [9.17, 15) is 4.79 Å². The summed E-state index contributed by atoms with van der Waals surface area (Å²) in [6.45, 7) is 8.08. The molecule has 1 aromatic carbocycles. The van der Waals surface area contributed by atoms with Gasteiger partial charge in [-0.3, -0.25) is 4.79 Å². The Balaban J connectivity index is 2.10. The molecule has 2 heteroatoms. The molecule has 2 nitrogen and oxygen atoms in total. The molecule has 0 aromatic heterocycles. The summed E-state index contributed by atoms with van der Waals surface area (Å²) in [6, 6.07) is 6.32. The second kappa shape index (κ2) is 4.61. The van der Waals surface area contributed by atoms with Gasteiger partial charge >= 0.3 is 0 Å². The zero-order valence-corrected chi connectivity index (χ0v) is 11.0. The van der Waals surface area contributed by atoms with Crippen molar-refractivity contribution >= 4 is 5.78 Å². The maximum atomic E-state index is 12.3. The van der Waals surface area contributed by atoms with Crippen molar-refractivity contribution < 1.29 is 4.79 Å². The lowest BCUT2D eigenvalue weighted by Crippen LogP contribution is -2.31. The lowest BCUT2D eigenvalue weighted by molar-refractivity contribution is -0.126. The van der Waals surface area contributed by atoms with E-state index in [1.165, 1.54) is 11.1 Å². The van der Waals surface area contributed by atoms with Crippen molar-refractivity contribution in [2.24, 2.45) is 5.41 Å². The zero-order valence-electron chi connectivity index (χ0n) is 11.0. The number of aryl methyl sites for hydroxylation is 2. The van der Waals surface area contributed by atoms with Crippen LogP contribution in [-0.4, -0.2) is 18.9 Å². The Morgan fingerprint density at radius 2 is 2.12 bits per heavy atom. The highest BCUT2D eigenvalue weighted by Crippen LogP contribution is 2.27. The van der Waals surface area contributed by atoms with Crippen LogP contribution in [0.5, 0.6) is 0 Å². The predicted octanol–water partition coefficient (Wildman–Crippen LogP) is 2.41. The van der Waals surface area contributed by atoms with Crippen LogP contribution < -0.4 is 5.32 Å². The van der Waals surface area contributed by atoms with Crippen molar-refractivity contribution in [1.29, 1.82) is 0 Å². The van der Waals surface area contributed by atoms with E-state index in [0.717, 1.165) is 25.1 Å². The Hall–Kier alpha value is -1.15. The highest BCUT2D eigenvalue weighted by atomic mass is 16.1. The lowest BCUT2D eigenvalue weighted by Gasteiger charge is -2.21. The number of hydrogen-bond donors (Lipinski definition) is 1. The molecule has 1 aliphatic heterocycles. The van der Waals surface area contributed by atoms with Crippen molar-refractivity contribution in [1.82, 2.24) is 5.32 Å². The lowest BCUT2D eigenvalue weighted by atomic mass is 9.82. The van der Waals surface area contributed by atoms with E-state index in [-0.39, 0.29) is 5.41 Å². The molecule has 1 fully saturated rings. The van der Waals surface area contributed by atoms with Gasteiger partial charge in [-0.2, -0.15) is 0 Å². The van der Waals surface area contributed by atoms with Crippen LogP contribution in [0.2, 0.25) is 0 Å². The SMILES string of the molecule is Cc1ccc(CC(=O)C2(C)CCNC2)cc1C. The van der Waals surface area contributed by atoms with Gasteiger partial charge in [0.2, 0.25) is 0 Å². The van der Waals surface area contributed by atoms with E-state index in [1.54, 1.807) is 0 Å². The Morgan fingerprint density at radius 3 is 2.71 bits per heavy atom. The molecular formula is C15H21NO. The monoisotopic (exact) mass is 231 g/mol. The molecule has 2 rings (SSSR count). The Kier molecular flexibility index (Phi) is 3.34. The summed E-state index contributed by atoms with van der Waals surface area (Å²) in [5.74, 6) is 0.366. The first-order chi connectivity index (χ1) is 8.01. The summed E-state index contributed by atoms with van der Waals surface area (Å²) in [6.07, 6.45) is 1.54. The third kappa shape index (κ3) is 2.58. The third-order valence-corrected chi connectivity index (χ3v) is 3.98. The average molecular weight is 231 g/mol. The first-order valence-electron chi connectivity index (χ1n) is 6.31. The smallest absolute Gasteiger partial charge is 0.144 e. The van der Waals surface area contributed by atoms with E-state index in [1.807, 2.05) is 0 Å². The molecule has 1 heterocycles. The number of benzene rings is 1. The van der Waals surface area contributed by atoms with Crippen LogP contribution in [0.1, 0.15) is 30.0 Å². The number of nitrogens with one attached hydrogen (secondary N) is 1. The zero-order chi connectivity index (χ0) is 12.5. The van der Waals surface area contributed by atoms with Gasteiger partial charge in [0.05, 0.1) is 0 Å². The highest BCUT2D eigenvalue weighted by molar-refractivity contribution is 5.87. The van der Waals surface area contributed by atoms with Gasteiger partial charge in [-0.25, -0.2) is 0 Å². The number of ketones is 1. The molecule has 0 saturated carbocycles. The molecule has 92 valence electrons. The largest absolute Gasteiger partial charge is 0.316 e. The molecular weight excluding hydrogens is 210 g/mol. The number of hydrogen-bond acceptors (Lipinski definition) is 2. The topological polar surface area (TPSA) is 29.1 Å². The van der Waals surface area contributed by atoms with Crippen LogP contribution in [0.3, 0.4) is 0 Å². The number of carbonyl (C=O) groups excluding carboxylic acids is 1. The van der Waals surface area contributed by atoms with Gasteiger partial charge in [0.25, 0.3) is 0 Å². The van der Waals surface area contributed by atoms with Crippen molar-refractivity contribution in [2.75, 3.05) is 13.1 Å². The summed E-state index contributed by atoms with van der Waals surface area (Å²) in [5, 5.41) is 3.28. The van der Waals surface area contributed by atoms with Crippen molar-refractivity contribution in [3.8, 4) is 0 Å². The van der Waals surface area contributed by atoms with E-state index in [4.69, 9.17) is 0 Å². The standard InChI is InChI=1S/C15H21NO/c1-11-4-5-13(8-12(11)2)9-14(17)15(3)6-7-16-10-15/h4-5,8,16H,6-7,9-10H2,1-3H3. The van der Waals surface area contributed by atoms with Gasteiger partial charge in [0.1, 0.15) is 5.78 Å². The Bertz CT molecular complexity index is 431. The maximum absolute atomic E-state index is 12.3. The summed E-state index contributed by atoms with van der Waals surface area (Å²) in [4.78, 5) is 12.3. The van der Waals surface area contributed by atoms with E-state index >= 15 is 0 Å². The normalized spacial score (nSPS) is 23.9.